The summed E-state index contributed by atoms with van der Waals surface area (Å²) in [4.78, 5) is 5.24. The van der Waals surface area contributed by atoms with Gasteiger partial charge in [0, 0.05) is 33.5 Å². The van der Waals surface area contributed by atoms with E-state index in [1.165, 1.54) is 5.56 Å². The number of rotatable bonds is 6. The third-order valence-corrected chi connectivity index (χ3v) is 8.93. The molecule has 0 saturated heterocycles. The van der Waals surface area contributed by atoms with Crippen molar-refractivity contribution in [2.45, 2.75) is 32.8 Å². The van der Waals surface area contributed by atoms with Crippen LogP contribution in [-0.4, -0.2) is 31.8 Å². The van der Waals surface area contributed by atoms with E-state index in [-0.39, 0.29) is 12.0 Å². The van der Waals surface area contributed by atoms with Crippen LogP contribution in [0.2, 0.25) is 0 Å². The van der Waals surface area contributed by atoms with Gasteiger partial charge in [0.15, 0.2) is 0 Å². The van der Waals surface area contributed by atoms with Crippen molar-refractivity contribution in [3.8, 4) is 28.5 Å². The predicted molar refractivity (Wildman–Crippen MR) is 189 cm³/mol. The summed E-state index contributed by atoms with van der Waals surface area (Å²) in [5, 5.41) is 0. The number of allylic oxidation sites excluding steroid dienone is 2. The molecule has 0 saturated carbocycles. The smallest absolute Gasteiger partial charge is 0.497 e. The average Bonchev–Trinajstić information content (AvgIpc) is 3.67. The molecule has 5 nitrogen and oxygen atoms in total. The molecule has 48 heavy (non-hydrogen) atoms. The number of methoxy groups -OCH3 is 2. The minimum atomic E-state index is -2.84. The highest BCUT2D eigenvalue weighted by atomic mass is 19.2. The normalized spacial score (nSPS) is 15.5. The lowest BCUT2D eigenvalue weighted by atomic mass is 9.85. The fraction of sp³-hybridized carbons (Fsp3) is 0.175. The second-order valence-corrected chi connectivity index (χ2v) is 12.9. The number of aliphatic imine (C=N–C) groups is 1. The van der Waals surface area contributed by atoms with E-state index in [0.29, 0.717) is 50.8 Å². The van der Waals surface area contributed by atoms with Gasteiger partial charge in [0.1, 0.15) is 23.9 Å². The molecule has 0 radical (unpaired) electrons. The lowest BCUT2D eigenvalue weighted by molar-refractivity contribution is 0.307. The summed E-state index contributed by atoms with van der Waals surface area (Å²) < 4.78 is 49.1. The summed E-state index contributed by atoms with van der Waals surface area (Å²) in [6.07, 6.45) is 2.05. The van der Waals surface area contributed by atoms with Gasteiger partial charge in [-0.25, -0.2) is 4.99 Å². The number of aromatic nitrogens is 1. The summed E-state index contributed by atoms with van der Waals surface area (Å²) in [7, 11) is 0.374. The van der Waals surface area contributed by atoms with E-state index in [1.807, 2.05) is 54.6 Å². The molecule has 0 fully saturated rings. The molecular weight excluding hydrogens is 605 g/mol. The molecule has 240 valence electrons. The maximum absolute atomic E-state index is 15.5. The summed E-state index contributed by atoms with van der Waals surface area (Å²) in [6, 6.07) is 32.7. The standard InChI is InChI=1S/C40H35BF2N2O3/c1-40(2,3)29-16-10-25(11-17-29)33-23-34(26-12-18-30(46-4)19-13-26)44-38(33)37-32-8-6-7-9-36(32)48-24-28-22-35(45(39(28)37)41(42)43)27-14-20-31(47-5)21-15-27/h6-23H,24H2,1-5H3/b38-37-. The van der Waals surface area contributed by atoms with Crippen LogP contribution in [-0.2, 0) is 12.0 Å². The van der Waals surface area contributed by atoms with E-state index in [2.05, 4.69) is 45.0 Å². The number of halogens is 2. The molecule has 0 amide bonds. The molecule has 8 heteroatoms. The first kappa shape index (κ1) is 31.2. The molecule has 2 aliphatic rings. The van der Waals surface area contributed by atoms with E-state index in [0.717, 1.165) is 32.6 Å². The van der Waals surface area contributed by atoms with Crippen LogP contribution in [0.3, 0.4) is 0 Å². The number of hydrogen-bond donors (Lipinski definition) is 0. The van der Waals surface area contributed by atoms with Gasteiger partial charge in [-0.05, 0) is 88.8 Å². The molecule has 0 aliphatic carbocycles. The van der Waals surface area contributed by atoms with Crippen molar-refractivity contribution in [1.82, 2.24) is 4.48 Å². The van der Waals surface area contributed by atoms with Crippen molar-refractivity contribution in [2.24, 2.45) is 4.99 Å². The highest BCUT2D eigenvalue weighted by molar-refractivity contribution is 6.42. The maximum atomic E-state index is 15.5. The first-order chi connectivity index (χ1) is 23.2. The molecular formula is C40H35BF2N2O3. The first-order valence-electron chi connectivity index (χ1n) is 15.9. The fourth-order valence-electron chi connectivity index (χ4n) is 6.37. The Morgan fingerprint density at radius 2 is 1.38 bits per heavy atom. The molecule has 1 aromatic heterocycles. The van der Waals surface area contributed by atoms with Crippen LogP contribution in [0.25, 0.3) is 22.4 Å². The van der Waals surface area contributed by atoms with Crippen molar-refractivity contribution < 1.29 is 22.8 Å². The quantitative estimate of drug-likeness (QED) is 0.174. The molecule has 0 N–H and O–H groups in total. The van der Waals surface area contributed by atoms with Gasteiger partial charge >= 0.3 is 7.40 Å². The fourth-order valence-corrected chi connectivity index (χ4v) is 6.37. The van der Waals surface area contributed by atoms with Gasteiger partial charge in [-0.2, -0.15) is 0 Å². The van der Waals surface area contributed by atoms with Gasteiger partial charge < -0.3 is 18.7 Å². The maximum Gasteiger partial charge on any atom is 0.678 e. The number of benzene rings is 4. The van der Waals surface area contributed by atoms with Crippen LogP contribution in [0, 0.1) is 0 Å². The SMILES string of the molecule is COc1ccc(C2=N/C(=C3/c4ccccc4OCc4cc(-c5ccc(OC)cc5)n(B(F)F)c43)C(c3ccc(C(C)(C)C)cc3)=C2)cc1. The zero-order valence-corrected chi connectivity index (χ0v) is 27.6. The third-order valence-electron chi connectivity index (χ3n) is 8.93. The molecule has 0 atom stereocenters. The van der Waals surface area contributed by atoms with E-state index in [9.17, 15) is 0 Å². The van der Waals surface area contributed by atoms with Gasteiger partial charge in [-0.1, -0.05) is 63.2 Å². The molecule has 5 aromatic rings. The van der Waals surface area contributed by atoms with Gasteiger partial charge in [0.2, 0.25) is 0 Å². The zero-order valence-electron chi connectivity index (χ0n) is 27.6. The monoisotopic (exact) mass is 640 g/mol. The van der Waals surface area contributed by atoms with Crippen LogP contribution < -0.4 is 14.2 Å². The van der Waals surface area contributed by atoms with Crippen LogP contribution in [0.1, 0.15) is 54.3 Å². The predicted octanol–water partition coefficient (Wildman–Crippen LogP) is 9.48. The second-order valence-electron chi connectivity index (χ2n) is 12.9. The minimum absolute atomic E-state index is 0.0307. The topological polar surface area (TPSA) is 45.0 Å². The first-order valence-corrected chi connectivity index (χ1v) is 15.9. The summed E-state index contributed by atoms with van der Waals surface area (Å²) in [5.41, 5.74) is 8.50. The molecule has 2 aliphatic heterocycles. The Morgan fingerprint density at radius 1 is 0.771 bits per heavy atom. The average molecular weight is 641 g/mol. The Hall–Kier alpha value is -5.37. The third kappa shape index (κ3) is 5.61. The van der Waals surface area contributed by atoms with Gasteiger partial charge in [-0.3, -0.25) is 8.63 Å². The molecule has 0 bridgehead atoms. The highest BCUT2D eigenvalue weighted by Gasteiger charge is 2.35. The second kappa shape index (κ2) is 12.3. The van der Waals surface area contributed by atoms with Crippen LogP contribution in [0.15, 0.2) is 120 Å². The summed E-state index contributed by atoms with van der Waals surface area (Å²) in [6.45, 7) is 6.66. The van der Waals surface area contributed by atoms with Gasteiger partial charge in [0.05, 0.1) is 31.3 Å². The van der Waals surface area contributed by atoms with E-state index < -0.39 is 7.40 Å². The van der Waals surface area contributed by atoms with Crippen LogP contribution in [0.5, 0.6) is 17.2 Å². The van der Waals surface area contributed by atoms with E-state index in [1.54, 1.807) is 44.6 Å². The number of fused-ring (bicyclic) bond motifs is 2. The summed E-state index contributed by atoms with van der Waals surface area (Å²) >= 11 is 0. The Balaban J connectivity index is 1.53. The van der Waals surface area contributed by atoms with Crippen molar-refractivity contribution >= 4 is 24.3 Å². The minimum Gasteiger partial charge on any atom is -0.497 e. The van der Waals surface area contributed by atoms with E-state index in [4.69, 9.17) is 19.2 Å². The highest BCUT2D eigenvalue weighted by Crippen LogP contribution is 2.47. The Morgan fingerprint density at radius 3 is 1.98 bits per heavy atom. The number of nitrogens with zero attached hydrogens (tertiary/aromatic N) is 2. The largest absolute Gasteiger partial charge is 0.678 e. The van der Waals surface area contributed by atoms with Gasteiger partial charge in [-0.15, -0.1) is 0 Å². The number of ether oxygens (including phenoxy) is 3. The molecule has 7 rings (SSSR count). The number of hydrogen-bond acceptors (Lipinski definition) is 4. The van der Waals surface area contributed by atoms with Crippen LogP contribution >= 0.6 is 0 Å². The van der Waals surface area contributed by atoms with Crippen LogP contribution in [0.4, 0.5) is 8.63 Å². The van der Waals surface area contributed by atoms with Crippen molar-refractivity contribution in [1.29, 1.82) is 0 Å². The Labute approximate surface area is 280 Å². The van der Waals surface area contributed by atoms with Gasteiger partial charge in [0.25, 0.3) is 0 Å². The molecule has 3 heterocycles. The Kier molecular flexibility index (Phi) is 8.03. The lowest BCUT2D eigenvalue weighted by Crippen LogP contribution is -2.18. The lowest BCUT2D eigenvalue weighted by Gasteiger charge is -2.20. The van der Waals surface area contributed by atoms with Crippen molar-refractivity contribution in [3.63, 3.8) is 0 Å². The summed E-state index contributed by atoms with van der Waals surface area (Å²) in [5.74, 6) is 1.99. The molecule has 0 spiro atoms. The molecule has 0 unspecified atom stereocenters. The van der Waals surface area contributed by atoms with Crippen molar-refractivity contribution in [3.05, 3.63) is 148 Å². The van der Waals surface area contributed by atoms with Crippen molar-refractivity contribution in [2.75, 3.05) is 14.2 Å². The Bertz CT molecular complexity index is 2090. The number of para-hydroxylation sites is 1. The molecule has 4 aromatic carbocycles. The zero-order chi connectivity index (χ0) is 33.6. The van der Waals surface area contributed by atoms with E-state index >= 15 is 8.63 Å².